The summed E-state index contributed by atoms with van der Waals surface area (Å²) in [5.41, 5.74) is 5.03. The Morgan fingerprint density at radius 1 is 1.28 bits per heavy atom. The second-order valence-corrected chi connectivity index (χ2v) is 6.43. The van der Waals surface area contributed by atoms with Gasteiger partial charge in [0.15, 0.2) is 0 Å². The molecule has 0 aliphatic rings. The molecular weight excluding hydrogens is 358 g/mol. The Morgan fingerprint density at radius 2 is 2.08 bits per heavy atom. The topological polar surface area (TPSA) is 63.6 Å². The maximum atomic E-state index is 12.1. The lowest BCUT2D eigenvalue weighted by molar-refractivity contribution is 0.0735. The number of esters is 1. The van der Waals surface area contributed by atoms with Gasteiger partial charge in [0.05, 0.1) is 17.5 Å². The highest BCUT2D eigenvalue weighted by atomic mass is 35.5. The normalized spacial score (nSPS) is 10.8. The predicted octanol–water partition coefficient (Wildman–Crippen LogP) is 4.77. The van der Waals surface area contributed by atoms with Crippen LogP contribution in [0.4, 0.5) is 5.13 Å². The summed E-state index contributed by atoms with van der Waals surface area (Å²) in [5.74, 6) is -0.00358. The number of carbonyl (C=O) groups excluding carboxylic acids is 1. The zero-order chi connectivity index (χ0) is 17.6. The monoisotopic (exact) mass is 371 g/mol. The van der Waals surface area contributed by atoms with Crippen molar-refractivity contribution in [2.75, 3.05) is 5.43 Å². The maximum Gasteiger partial charge on any atom is 0.343 e. The molecule has 1 heterocycles. The van der Waals surface area contributed by atoms with Crippen molar-refractivity contribution < 1.29 is 9.53 Å². The lowest BCUT2D eigenvalue weighted by Gasteiger charge is -2.05. The van der Waals surface area contributed by atoms with E-state index in [0.717, 1.165) is 16.4 Å². The third kappa shape index (κ3) is 4.89. The van der Waals surface area contributed by atoms with E-state index in [2.05, 4.69) is 15.5 Å². The second kappa shape index (κ2) is 7.92. The molecule has 3 rings (SSSR count). The molecule has 25 heavy (non-hydrogen) atoms. The first-order valence-corrected chi connectivity index (χ1v) is 8.65. The van der Waals surface area contributed by atoms with Gasteiger partial charge in [0, 0.05) is 10.4 Å². The van der Waals surface area contributed by atoms with Crippen LogP contribution in [0.15, 0.2) is 59.0 Å². The van der Waals surface area contributed by atoms with Crippen LogP contribution in [-0.4, -0.2) is 17.2 Å². The van der Waals surface area contributed by atoms with Crippen molar-refractivity contribution in [3.05, 3.63) is 75.8 Å². The van der Waals surface area contributed by atoms with E-state index in [9.17, 15) is 4.79 Å². The van der Waals surface area contributed by atoms with Crippen LogP contribution in [0.1, 0.15) is 21.6 Å². The molecule has 0 radical (unpaired) electrons. The summed E-state index contributed by atoms with van der Waals surface area (Å²) in [5, 5.41) is 7.36. The third-order valence-electron chi connectivity index (χ3n) is 3.14. The molecule has 7 heteroatoms. The van der Waals surface area contributed by atoms with Crippen LogP contribution < -0.4 is 10.2 Å². The number of nitrogens with zero attached hydrogens (tertiary/aromatic N) is 2. The molecule has 0 aliphatic carbocycles. The summed E-state index contributed by atoms with van der Waals surface area (Å²) in [7, 11) is 0. The summed E-state index contributed by atoms with van der Waals surface area (Å²) in [6.07, 6.45) is 1.64. The summed E-state index contributed by atoms with van der Waals surface area (Å²) < 4.78 is 5.37. The lowest BCUT2D eigenvalue weighted by Crippen LogP contribution is -2.08. The van der Waals surface area contributed by atoms with Crippen LogP contribution in [0.25, 0.3) is 0 Å². The average molecular weight is 372 g/mol. The predicted molar refractivity (Wildman–Crippen MR) is 101 cm³/mol. The highest BCUT2D eigenvalue weighted by molar-refractivity contribution is 7.13. The molecule has 0 spiro atoms. The average Bonchev–Trinajstić information content (AvgIpc) is 3.01. The Balaban J connectivity index is 1.64. The first kappa shape index (κ1) is 17.1. The molecule has 0 saturated heterocycles. The summed E-state index contributed by atoms with van der Waals surface area (Å²) in [6, 6.07) is 13.6. The number of halogens is 1. The number of rotatable bonds is 5. The molecule has 0 bridgehead atoms. The van der Waals surface area contributed by atoms with Gasteiger partial charge < -0.3 is 4.74 Å². The van der Waals surface area contributed by atoms with E-state index >= 15 is 0 Å². The van der Waals surface area contributed by atoms with Gasteiger partial charge in [-0.15, -0.1) is 11.3 Å². The molecule has 1 N–H and O–H groups in total. The first-order valence-electron chi connectivity index (χ1n) is 7.39. The second-order valence-electron chi connectivity index (χ2n) is 5.13. The van der Waals surface area contributed by atoms with Crippen LogP contribution in [0.2, 0.25) is 5.02 Å². The third-order valence-corrected chi connectivity index (χ3v) is 4.26. The number of hydrogen-bond donors (Lipinski definition) is 1. The van der Waals surface area contributed by atoms with E-state index in [-0.39, 0.29) is 0 Å². The molecule has 0 amide bonds. The zero-order valence-electron chi connectivity index (χ0n) is 13.3. The van der Waals surface area contributed by atoms with E-state index in [4.69, 9.17) is 16.3 Å². The number of nitrogens with one attached hydrogen (secondary N) is 1. The maximum absolute atomic E-state index is 12.1. The summed E-state index contributed by atoms with van der Waals surface area (Å²) >= 11 is 7.30. The van der Waals surface area contributed by atoms with Crippen molar-refractivity contribution in [2.45, 2.75) is 6.92 Å². The smallest absolute Gasteiger partial charge is 0.343 e. The minimum atomic E-state index is -0.442. The van der Waals surface area contributed by atoms with Gasteiger partial charge in [-0.3, -0.25) is 5.43 Å². The van der Waals surface area contributed by atoms with Gasteiger partial charge >= 0.3 is 5.97 Å². The number of aryl methyl sites for hydroxylation is 1. The molecule has 0 aliphatic heterocycles. The number of carbonyl (C=O) groups is 1. The van der Waals surface area contributed by atoms with Crippen LogP contribution in [-0.2, 0) is 0 Å². The van der Waals surface area contributed by atoms with Crippen molar-refractivity contribution >= 4 is 40.3 Å². The summed E-state index contributed by atoms with van der Waals surface area (Å²) in [6.45, 7) is 1.92. The number of hydrogen-bond acceptors (Lipinski definition) is 6. The molecule has 5 nitrogen and oxygen atoms in total. The van der Waals surface area contributed by atoms with Crippen molar-refractivity contribution in [1.29, 1.82) is 0 Å². The number of thiazole rings is 1. The quantitative estimate of drug-likeness (QED) is 0.303. The molecule has 0 atom stereocenters. The first-order chi connectivity index (χ1) is 12.1. The number of benzene rings is 2. The molecule has 0 unspecified atom stereocenters. The van der Waals surface area contributed by atoms with Gasteiger partial charge in [-0.1, -0.05) is 23.7 Å². The molecular formula is C18H14ClN3O2S. The van der Waals surface area contributed by atoms with E-state index in [1.165, 1.54) is 11.3 Å². The molecule has 3 aromatic rings. The van der Waals surface area contributed by atoms with Crippen molar-refractivity contribution in [2.24, 2.45) is 5.10 Å². The largest absolute Gasteiger partial charge is 0.423 e. The molecule has 1 aromatic heterocycles. The number of hydrazone groups is 1. The number of anilines is 1. The molecule has 0 saturated carbocycles. The van der Waals surface area contributed by atoms with Crippen LogP contribution in [0.3, 0.4) is 0 Å². The van der Waals surface area contributed by atoms with Crippen molar-refractivity contribution in [3.8, 4) is 5.75 Å². The highest BCUT2D eigenvalue weighted by Crippen LogP contribution is 2.17. The SMILES string of the molecule is Cc1csc(NN=Cc2cccc(OC(=O)c3ccc(Cl)cc3)c2)n1. The lowest BCUT2D eigenvalue weighted by atomic mass is 10.2. The molecule has 126 valence electrons. The van der Waals surface area contributed by atoms with Crippen LogP contribution >= 0.6 is 22.9 Å². The Kier molecular flexibility index (Phi) is 5.42. The van der Waals surface area contributed by atoms with Gasteiger partial charge in [-0.25, -0.2) is 9.78 Å². The van der Waals surface area contributed by atoms with Gasteiger partial charge in [-0.05, 0) is 48.9 Å². The number of aromatic nitrogens is 1. The van der Waals surface area contributed by atoms with E-state index in [1.807, 2.05) is 18.4 Å². The molecule has 0 fully saturated rings. The zero-order valence-corrected chi connectivity index (χ0v) is 14.8. The van der Waals surface area contributed by atoms with Crippen molar-refractivity contribution in [3.63, 3.8) is 0 Å². The Hall–Kier alpha value is -2.70. The Bertz CT molecular complexity index is 907. The summed E-state index contributed by atoms with van der Waals surface area (Å²) in [4.78, 5) is 16.4. The minimum Gasteiger partial charge on any atom is -0.423 e. The van der Waals surface area contributed by atoms with E-state index in [1.54, 1.807) is 48.7 Å². The minimum absolute atomic E-state index is 0.435. The standard InChI is InChI=1S/C18H14ClN3O2S/c1-12-11-25-18(21-12)22-20-10-13-3-2-4-16(9-13)24-17(23)14-5-7-15(19)8-6-14/h2-11H,1H3,(H,21,22). The Morgan fingerprint density at radius 3 is 2.80 bits per heavy atom. The fraction of sp³-hybridized carbons (Fsp3) is 0.0556. The Labute approximate surface area is 153 Å². The van der Waals surface area contributed by atoms with Crippen molar-refractivity contribution in [1.82, 2.24) is 4.98 Å². The molecule has 2 aromatic carbocycles. The van der Waals surface area contributed by atoms with Gasteiger partial charge in [0.2, 0.25) is 5.13 Å². The van der Waals surface area contributed by atoms with Crippen LogP contribution in [0.5, 0.6) is 5.75 Å². The highest BCUT2D eigenvalue weighted by Gasteiger charge is 2.08. The number of ether oxygens (including phenoxy) is 1. The van der Waals surface area contributed by atoms with E-state index in [0.29, 0.717) is 16.3 Å². The fourth-order valence-electron chi connectivity index (χ4n) is 1.98. The van der Waals surface area contributed by atoms with Gasteiger partial charge in [0.1, 0.15) is 5.75 Å². The fourth-order valence-corrected chi connectivity index (χ4v) is 2.74. The van der Waals surface area contributed by atoms with Gasteiger partial charge in [0.25, 0.3) is 0 Å². The van der Waals surface area contributed by atoms with Crippen LogP contribution in [0, 0.1) is 6.92 Å². The van der Waals surface area contributed by atoms with E-state index < -0.39 is 5.97 Å². The van der Waals surface area contributed by atoms with Gasteiger partial charge in [-0.2, -0.15) is 5.10 Å².